The van der Waals surface area contributed by atoms with Gasteiger partial charge in [-0.2, -0.15) is 0 Å². The second kappa shape index (κ2) is 7.64. The van der Waals surface area contributed by atoms with E-state index in [2.05, 4.69) is 24.6 Å². The number of nitrogens with two attached hydrogens (primary N) is 1. The van der Waals surface area contributed by atoms with Crippen molar-refractivity contribution in [3.63, 3.8) is 0 Å². The van der Waals surface area contributed by atoms with Crippen LogP contribution in [0.1, 0.15) is 53.6 Å². The van der Waals surface area contributed by atoms with Gasteiger partial charge >= 0.3 is 0 Å². The number of rotatable bonds is 4. The van der Waals surface area contributed by atoms with Crippen LogP contribution >= 0.6 is 0 Å². The van der Waals surface area contributed by atoms with Gasteiger partial charge in [0, 0.05) is 37.8 Å². The molecule has 144 valence electrons. The molecule has 2 N–H and O–H groups in total. The Hall–Kier alpha value is -2.48. The van der Waals surface area contributed by atoms with Gasteiger partial charge in [0.1, 0.15) is 17.5 Å². The van der Waals surface area contributed by atoms with E-state index in [-0.39, 0.29) is 11.8 Å². The number of likely N-dealkylation sites (tertiary alicyclic amines) is 2. The largest absolute Gasteiger partial charge is 0.384 e. The zero-order chi connectivity index (χ0) is 18.8. The summed E-state index contributed by atoms with van der Waals surface area (Å²) in [6, 6.07) is 3.36. The van der Waals surface area contributed by atoms with Crippen LogP contribution in [-0.4, -0.2) is 61.6 Å². The van der Waals surface area contributed by atoms with Crippen LogP contribution in [0.25, 0.3) is 0 Å². The van der Waals surface area contributed by atoms with Crippen LogP contribution in [-0.2, 0) is 13.6 Å². The fraction of sp³-hybridized carbons (Fsp3) is 0.579. The number of amides is 1. The van der Waals surface area contributed by atoms with E-state index in [1.807, 2.05) is 11.9 Å². The molecule has 1 atom stereocenters. The molecule has 2 aliphatic heterocycles. The number of hydrogen-bond acceptors (Lipinski definition) is 6. The molecule has 0 spiro atoms. The van der Waals surface area contributed by atoms with Crippen molar-refractivity contribution >= 4 is 11.7 Å². The Morgan fingerprint density at radius 2 is 2.04 bits per heavy atom. The number of nitrogens with zero attached hydrogens (tertiary/aromatic N) is 6. The summed E-state index contributed by atoms with van der Waals surface area (Å²) >= 11 is 0. The van der Waals surface area contributed by atoms with Gasteiger partial charge in [-0.15, -0.1) is 10.2 Å². The Morgan fingerprint density at radius 1 is 1.22 bits per heavy atom. The molecular weight excluding hydrogens is 342 g/mol. The van der Waals surface area contributed by atoms with Gasteiger partial charge in [0.2, 0.25) is 0 Å². The number of carbonyl (C=O) groups is 1. The molecule has 1 amide bonds. The fourth-order valence-corrected chi connectivity index (χ4v) is 4.15. The van der Waals surface area contributed by atoms with Crippen molar-refractivity contribution in [2.75, 3.05) is 31.9 Å². The van der Waals surface area contributed by atoms with Crippen LogP contribution in [0.5, 0.6) is 0 Å². The predicted molar refractivity (Wildman–Crippen MR) is 102 cm³/mol. The van der Waals surface area contributed by atoms with E-state index in [0.29, 0.717) is 17.9 Å². The molecule has 2 fully saturated rings. The zero-order valence-electron chi connectivity index (χ0n) is 15.8. The molecule has 0 bridgehead atoms. The Labute approximate surface area is 159 Å². The van der Waals surface area contributed by atoms with Crippen molar-refractivity contribution in [2.24, 2.45) is 7.05 Å². The minimum Gasteiger partial charge on any atom is -0.384 e. The second-order valence-corrected chi connectivity index (χ2v) is 7.58. The molecule has 0 saturated carbocycles. The first-order valence-electron chi connectivity index (χ1n) is 9.73. The summed E-state index contributed by atoms with van der Waals surface area (Å²) in [5.41, 5.74) is 6.32. The van der Waals surface area contributed by atoms with Crippen molar-refractivity contribution in [3.05, 3.63) is 35.5 Å². The highest BCUT2D eigenvalue weighted by molar-refractivity contribution is 5.94. The average molecular weight is 369 g/mol. The van der Waals surface area contributed by atoms with Crippen molar-refractivity contribution in [1.82, 2.24) is 29.5 Å². The highest BCUT2D eigenvalue weighted by Crippen LogP contribution is 2.27. The van der Waals surface area contributed by atoms with Crippen molar-refractivity contribution in [1.29, 1.82) is 0 Å². The number of anilines is 1. The maximum atomic E-state index is 12.8. The molecule has 8 heteroatoms. The molecule has 4 heterocycles. The smallest absolute Gasteiger partial charge is 0.254 e. The van der Waals surface area contributed by atoms with E-state index >= 15 is 0 Å². The molecule has 0 unspecified atom stereocenters. The van der Waals surface area contributed by atoms with Crippen LogP contribution in [0.15, 0.2) is 18.3 Å². The standard InChI is InChI=1S/C19H27N7O/c1-24-17(13-25-8-2-3-9-25)22-23-18(24)15-5-4-10-26(12-15)19(27)14-6-7-21-16(20)11-14/h6-7,11,15H,2-5,8-10,12-13H2,1H3,(H2,20,21)/t15-/m0/s1. The minimum atomic E-state index is 0.00765. The summed E-state index contributed by atoms with van der Waals surface area (Å²) in [7, 11) is 2.05. The highest BCUT2D eigenvalue weighted by atomic mass is 16.2. The van der Waals surface area contributed by atoms with Crippen LogP contribution in [0.2, 0.25) is 0 Å². The lowest BCUT2D eigenvalue weighted by Crippen LogP contribution is -2.39. The van der Waals surface area contributed by atoms with Crippen LogP contribution in [0, 0.1) is 0 Å². The average Bonchev–Trinajstić information content (AvgIpc) is 3.32. The molecule has 2 aromatic heterocycles. The number of pyridine rings is 1. The van der Waals surface area contributed by atoms with Crippen LogP contribution < -0.4 is 5.73 Å². The molecule has 2 saturated heterocycles. The van der Waals surface area contributed by atoms with Gasteiger partial charge in [0.05, 0.1) is 6.54 Å². The van der Waals surface area contributed by atoms with Gasteiger partial charge < -0.3 is 15.2 Å². The van der Waals surface area contributed by atoms with Crippen molar-refractivity contribution in [3.8, 4) is 0 Å². The number of carbonyl (C=O) groups excluding carboxylic acids is 1. The molecule has 0 radical (unpaired) electrons. The maximum absolute atomic E-state index is 12.8. The Morgan fingerprint density at radius 3 is 2.81 bits per heavy atom. The monoisotopic (exact) mass is 369 g/mol. The summed E-state index contributed by atoms with van der Waals surface area (Å²) in [4.78, 5) is 21.1. The van der Waals surface area contributed by atoms with Gasteiger partial charge in [0.15, 0.2) is 0 Å². The number of hydrogen-bond donors (Lipinski definition) is 1. The van der Waals surface area contributed by atoms with Gasteiger partial charge in [-0.25, -0.2) is 4.98 Å². The Balaban J connectivity index is 1.46. The van der Waals surface area contributed by atoms with Gasteiger partial charge in [0.25, 0.3) is 5.91 Å². The summed E-state index contributed by atoms with van der Waals surface area (Å²) in [6.07, 6.45) is 6.11. The van der Waals surface area contributed by atoms with E-state index in [4.69, 9.17) is 5.73 Å². The van der Waals surface area contributed by atoms with E-state index in [1.165, 1.54) is 12.8 Å². The SMILES string of the molecule is Cn1c(CN2CCCC2)nnc1[C@H]1CCCN(C(=O)c2ccnc(N)c2)C1. The van der Waals surface area contributed by atoms with Crippen LogP contribution in [0.3, 0.4) is 0 Å². The first kappa shape index (κ1) is 17.9. The zero-order valence-corrected chi connectivity index (χ0v) is 15.8. The number of aromatic nitrogens is 4. The third-order valence-corrected chi connectivity index (χ3v) is 5.66. The highest BCUT2D eigenvalue weighted by Gasteiger charge is 2.29. The lowest BCUT2D eigenvalue weighted by Gasteiger charge is -2.32. The summed E-state index contributed by atoms with van der Waals surface area (Å²) in [6.45, 7) is 4.56. The van der Waals surface area contributed by atoms with E-state index in [9.17, 15) is 4.79 Å². The van der Waals surface area contributed by atoms with E-state index in [1.54, 1.807) is 18.3 Å². The molecule has 2 aliphatic rings. The molecule has 0 aromatic carbocycles. The topological polar surface area (TPSA) is 93.2 Å². The molecule has 4 rings (SSSR count). The molecule has 8 nitrogen and oxygen atoms in total. The molecule has 2 aromatic rings. The van der Waals surface area contributed by atoms with Crippen LogP contribution in [0.4, 0.5) is 5.82 Å². The normalized spacial score (nSPS) is 20.9. The second-order valence-electron chi connectivity index (χ2n) is 7.58. The van der Waals surface area contributed by atoms with Gasteiger partial charge in [-0.3, -0.25) is 9.69 Å². The van der Waals surface area contributed by atoms with Crippen molar-refractivity contribution in [2.45, 2.75) is 38.1 Å². The number of piperidine rings is 1. The van der Waals surface area contributed by atoms with Gasteiger partial charge in [-0.1, -0.05) is 0 Å². The predicted octanol–water partition coefficient (Wildman–Crippen LogP) is 1.41. The Bertz CT molecular complexity index is 812. The molecule has 27 heavy (non-hydrogen) atoms. The Kier molecular flexibility index (Phi) is 5.07. The first-order valence-corrected chi connectivity index (χ1v) is 9.73. The van der Waals surface area contributed by atoms with Crippen molar-refractivity contribution < 1.29 is 4.79 Å². The third kappa shape index (κ3) is 3.80. The van der Waals surface area contributed by atoms with E-state index < -0.39 is 0 Å². The fourth-order valence-electron chi connectivity index (χ4n) is 4.15. The summed E-state index contributed by atoms with van der Waals surface area (Å²) in [5.74, 6) is 2.59. The van der Waals surface area contributed by atoms with E-state index in [0.717, 1.165) is 50.7 Å². The lowest BCUT2D eigenvalue weighted by atomic mass is 9.96. The third-order valence-electron chi connectivity index (χ3n) is 5.66. The quantitative estimate of drug-likeness (QED) is 0.876. The number of nitrogen functional groups attached to an aromatic ring is 1. The minimum absolute atomic E-state index is 0.00765. The molecular formula is C19H27N7O. The summed E-state index contributed by atoms with van der Waals surface area (Å²) < 4.78 is 2.13. The molecule has 0 aliphatic carbocycles. The van der Waals surface area contributed by atoms with Gasteiger partial charge in [-0.05, 0) is 50.9 Å². The maximum Gasteiger partial charge on any atom is 0.254 e. The lowest BCUT2D eigenvalue weighted by molar-refractivity contribution is 0.0703. The summed E-state index contributed by atoms with van der Waals surface area (Å²) in [5, 5.41) is 8.92. The first-order chi connectivity index (χ1) is 13.1.